The predicted octanol–water partition coefficient (Wildman–Crippen LogP) is 0.517. The first kappa shape index (κ1) is 30.1. The van der Waals surface area contributed by atoms with Gasteiger partial charge in [0, 0.05) is 30.6 Å². The molecule has 4 N–H and O–H groups in total. The van der Waals surface area contributed by atoms with Crippen LogP contribution in [0.15, 0.2) is 30.4 Å². The van der Waals surface area contributed by atoms with E-state index in [1.54, 1.807) is 18.2 Å². The van der Waals surface area contributed by atoms with Crippen molar-refractivity contribution in [1.82, 2.24) is 9.80 Å². The predicted molar refractivity (Wildman–Crippen MR) is 123 cm³/mol. The van der Waals surface area contributed by atoms with Crippen molar-refractivity contribution in [1.29, 1.82) is 0 Å². The first-order valence-corrected chi connectivity index (χ1v) is 10.8. The smallest absolute Gasteiger partial charge is 0.333 e. The molecule has 13 heteroatoms. The summed E-state index contributed by atoms with van der Waals surface area (Å²) in [6, 6.07) is 4.75. The van der Waals surface area contributed by atoms with E-state index in [1.807, 2.05) is 0 Å². The van der Waals surface area contributed by atoms with Crippen LogP contribution in [0.25, 0.3) is 0 Å². The fourth-order valence-corrected chi connectivity index (χ4v) is 3.17. The van der Waals surface area contributed by atoms with Gasteiger partial charge in [-0.3, -0.25) is 29.0 Å². The molecule has 0 spiro atoms. The van der Waals surface area contributed by atoms with Crippen molar-refractivity contribution in [3.8, 4) is 5.75 Å². The van der Waals surface area contributed by atoms with Gasteiger partial charge in [-0.15, -0.1) is 0 Å². The van der Waals surface area contributed by atoms with Gasteiger partial charge in [0.15, 0.2) is 0 Å². The van der Waals surface area contributed by atoms with Crippen molar-refractivity contribution in [3.05, 3.63) is 41.5 Å². The van der Waals surface area contributed by atoms with Crippen molar-refractivity contribution in [2.75, 3.05) is 39.4 Å². The number of carbonyl (C=O) groups excluding carboxylic acids is 1. The van der Waals surface area contributed by atoms with Gasteiger partial charge in [0.1, 0.15) is 5.75 Å². The summed E-state index contributed by atoms with van der Waals surface area (Å²) in [5.41, 5.74) is 1.05. The summed E-state index contributed by atoms with van der Waals surface area (Å²) < 4.78 is 10.8. The molecule has 198 valence electrons. The van der Waals surface area contributed by atoms with Gasteiger partial charge in [0.05, 0.1) is 39.4 Å². The van der Waals surface area contributed by atoms with Crippen LogP contribution in [0, 0.1) is 0 Å². The third-order valence-corrected chi connectivity index (χ3v) is 4.57. The van der Waals surface area contributed by atoms with Gasteiger partial charge in [-0.2, -0.15) is 0 Å². The minimum Gasteiger partial charge on any atom is -0.493 e. The molecule has 0 unspecified atom stereocenters. The van der Waals surface area contributed by atoms with E-state index in [2.05, 4.69) is 6.58 Å². The molecule has 0 heterocycles. The Kier molecular flexibility index (Phi) is 12.6. The molecule has 0 saturated carbocycles. The summed E-state index contributed by atoms with van der Waals surface area (Å²) in [5, 5.41) is 36.7. The zero-order valence-electron chi connectivity index (χ0n) is 19.8. The minimum atomic E-state index is -1.26. The maximum absolute atomic E-state index is 11.5. The van der Waals surface area contributed by atoms with Crippen LogP contribution in [-0.2, 0) is 41.8 Å². The monoisotopic (exact) mass is 510 g/mol. The third kappa shape index (κ3) is 11.9. The van der Waals surface area contributed by atoms with Crippen LogP contribution in [0.1, 0.15) is 24.5 Å². The van der Waals surface area contributed by atoms with Crippen LogP contribution < -0.4 is 4.74 Å². The van der Waals surface area contributed by atoms with E-state index >= 15 is 0 Å². The summed E-state index contributed by atoms with van der Waals surface area (Å²) in [5.74, 6) is -5.28. The molecular formula is C23H30N2O11. The van der Waals surface area contributed by atoms with E-state index in [0.717, 1.165) is 9.80 Å². The van der Waals surface area contributed by atoms with Gasteiger partial charge in [-0.25, -0.2) is 4.79 Å². The first-order valence-electron chi connectivity index (χ1n) is 10.8. The third-order valence-electron chi connectivity index (χ3n) is 4.57. The van der Waals surface area contributed by atoms with Gasteiger partial charge >= 0.3 is 29.8 Å². The van der Waals surface area contributed by atoms with Gasteiger partial charge in [0.2, 0.25) is 0 Å². The van der Waals surface area contributed by atoms with Gasteiger partial charge in [-0.1, -0.05) is 18.7 Å². The molecule has 36 heavy (non-hydrogen) atoms. The summed E-state index contributed by atoms with van der Waals surface area (Å²) in [4.78, 5) is 58.7. The van der Waals surface area contributed by atoms with Crippen molar-refractivity contribution in [3.63, 3.8) is 0 Å². The Morgan fingerprint density at radius 2 is 1.31 bits per heavy atom. The maximum Gasteiger partial charge on any atom is 0.333 e. The minimum absolute atomic E-state index is 0.0515. The lowest BCUT2D eigenvalue weighted by atomic mass is 10.0. The molecule has 0 radical (unpaired) electrons. The van der Waals surface area contributed by atoms with Crippen LogP contribution in [-0.4, -0.2) is 99.5 Å². The summed E-state index contributed by atoms with van der Waals surface area (Å²) in [6.07, 6.45) is 0.306. The highest BCUT2D eigenvalue weighted by atomic mass is 16.5. The van der Waals surface area contributed by atoms with Crippen molar-refractivity contribution < 1.29 is 53.9 Å². The number of hydrogen-bond donors (Lipinski definition) is 4. The molecule has 0 aromatic heterocycles. The molecule has 0 aliphatic heterocycles. The summed E-state index contributed by atoms with van der Waals surface area (Å²) >= 11 is 0. The fraction of sp³-hybridized carbons (Fsp3) is 0.435. The Balaban J connectivity index is 3.20. The Bertz CT molecular complexity index is 945. The molecule has 13 nitrogen and oxygen atoms in total. The Labute approximate surface area is 207 Å². The lowest BCUT2D eigenvalue weighted by Gasteiger charge is -2.25. The lowest BCUT2D eigenvalue weighted by molar-refractivity contribution is -0.144. The normalized spacial score (nSPS) is 10.8. The highest BCUT2D eigenvalue weighted by Crippen LogP contribution is 2.26. The molecule has 0 atom stereocenters. The Morgan fingerprint density at radius 1 is 0.806 bits per heavy atom. The van der Waals surface area contributed by atoms with Crippen molar-refractivity contribution in [2.45, 2.75) is 26.4 Å². The number of carbonyl (C=O) groups is 5. The Hall–Kier alpha value is -3.97. The number of hydrogen-bond acceptors (Lipinski definition) is 9. The standard InChI is InChI=1S/C23H30N2O11/c1-15(2)23(34)36-8-4-7-35-18-6-3-5-16(9-24(11-19(26)27)12-20(28)29)17(18)10-25(13-21(30)31)14-22(32)33/h3,5-6H,1,4,7-14H2,2H3,(H,26,27)(H,28,29)(H,30,31)(H,32,33). The highest BCUT2D eigenvalue weighted by molar-refractivity contribution is 5.86. The van der Waals surface area contributed by atoms with E-state index in [4.69, 9.17) is 19.7 Å². The maximum atomic E-state index is 11.5. The van der Waals surface area contributed by atoms with Crippen LogP contribution in [0.5, 0.6) is 5.75 Å². The van der Waals surface area contributed by atoms with E-state index in [0.29, 0.717) is 17.5 Å². The molecular weight excluding hydrogens is 480 g/mol. The topological polar surface area (TPSA) is 191 Å². The van der Waals surface area contributed by atoms with Crippen LogP contribution >= 0.6 is 0 Å². The first-order chi connectivity index (χ1) is 16.9. The number of ether oxygens (including phenoxy) is 2. The lowest BCUT2D eigenvalue weighted by Crippen LogP contribution is -2.36. The second kappa shape index (κ2) is 15.1. The molecule has 1 rings (SSSR count). The fourth-order valence-electron chi connectivity index (χ4n) is 3.17. The zero-order valence-corrected chi connectivity index (χ0v) is 19.8. The van der Waals surface area contributed by atoms with E-state index < -0.39 is 56.0 Å². The van der Waals surface area contributed by atoms with Gasteiger partial charge in [0.25, 0.3) is 0 Å². The molecule has 0 amide bonds. The van der Waals surface area contributed by atoms with Gasteiger partial charge < -0.3 is 29.9 Å². The number of nitrogens with zero attached hydrogens (tertiary/aromatic N) is 2. The largest absolute Gasteiger partial charge is 0.493 e. The highest BCUT2D eigenvalue weighted by Gasteiger charge is 2.21. The zero-order chi connectivity index (χ0) is 27.3. The summed E-state index contributed by atoms with van der Waals surface area (Å²) in [7, 11) is 0. The molecule has 0 aliphatic rings. The van der Waals surface area contributed by atoms with Crippen LogP contribution in [0.3, 0.4) is 0 Å². The average Bonchev–Trinajstić information content (AvgIpc) is 2.73. The number of carboxylic acids is 4. The molecule has 1 aromatic carbocycles. The number of esters is 1. The SMILES string of the molecule is C=C(C)C(=O)OCCCOc1cccc(CN(CC(=O)O)CC(=O)O)c1CN(CC(=O)O)CC(=O)O. The molecule has 1 aromatic rings. The number of carboxylic acid groups (broad SMARTS) is 4. The Morgan fingerprint density at radius 3 is 1.78 bits per heavy atom. The average molecular weight is 510 g/mol. The second-order valence-corrected chi connectivity index (χ2v) is 7.88. The number of aliphatic carboxylic acids is 4. The number of rotatable bonds is 18. The second-order valence-electron chi connectivity index (χ2n) is 7.88. The van der Waals surface area contributed by atoms with E-state index in [-0.39, 0.29) is 37.6 Å². The number of benzene rings is 1. The van der Waals surface area contributed by atoms with E-state index in [9.17, 15) is 34.2 Å². The van der Waals surface area contributed by atoms with Crippen LogP contribution in [0.2, 0.25) is 0 Å². The van der Waals surface area contributed by atoms with Crippen molar-refractivity contribution >= 4 is 29.8 Å². The molecule has 0 bridgehead atoms. The molecule has 0 saturated heterocycles. The molecule has 0 fully saturated rings. The van der Waals surface area contributed by atoms with Crippen molar-refractivity contribution in [2.24, 2.45) is 0 Å². The summed E-state index contributed by atoms with van der Waals surface area (Å²) in [6.45, 7) is 2.49. The van der Waals surface area contributed by atoms with Crippen LogP contribution in [0.4, 0.5) is 0 Å². The molecule has 0 aliphatic carbocycles. The van der Waals surface area contributed by atoms with Gasteiger partial charge in [-0.05, 0) is 18.6 Å². The quantitative estimate of drug-likeness (QED) is 0.121. The van der Waals surface area contributed by atoms with E-state index in [1.165, 1.54) is 6.92 Å².